The van der Waals surface area contributed by atoms with Crippen molar-refractivity contribution in [3.8, 4) is 22.5 Å². The van der Waals surface area contributed by atoms with E-state index in [2.05, 4.69) is 84.0 Å². The molecule has 2 aromatic heterocycles. The van der Waals surface area contributed by atoms with Crippen molar-refractivity contribution in [1.29, 1.82) is 0 Å². The summed E-state index contributed by atoms with van der Waals surface area (Å²) in [7, 11) is 0. The molecular formula is C26H28N8. The number of pyridine rings is 1. The standard InChI is InChI=1S/C26H28N8/c1-2-11-28-24(6-1)31-30-17-29-23-5-3-4-20-21(23)16-22-25(32-33-26(20)22)18-7-9-19(10-8-18)34-14-12-27-13-15-34/h1-11,27,29-30H,12-17H2,(H,28,31)(H,32,33). The molecular weight excluding hydrogens is 424 g/mol. The molecule has 0 radical (unpaired) electrons. The number of H-pyrrole nitrogens is 1. The van der Waals surface area contributed by atoms with Crippen molar-refractivity contribution in [3.05, 3.63) is 78.0 Å². The van der Waals surface area contributed by atoms with Crippen LogP contribution in [0.2, 0.25) is 0 Å². The second-order valence-corrected chi connectivity index (χ2v) is 8.59. The number of rotatable bonds is 7. The molecule has 1 aliphatic heterocycles. The number of hydrogen-bond donors (Lipinski definition) is 5. The zero-order chi connectivity index (χ0) is 22.7. The summed E-state index contributed by atoms with van der Waals surface area (Å²) in [4.78, 5) is 6.68. The van der Waals surface area contributed by atoms with E-state index in [0.29, 0.717) is 6.67 Å². The van der Waals surface area contributed by atoms with Crippen LogP contribution in [0.15, 0.2) is 66.9 Å². The van der Waals surface area contributed by atoms with E-state index in [1.165, 1.54) is 22.4 Å². The molecule has 0 unspecified atom stereocenters. The first-order chi connectivity index (χ1) is 16.9. The van der Waals surface area contributed by atoms with Crippen LogP contribution in [-0.2, 0) is 6.42 Å². The van der Waals surface area contributed by atoms with Crippen molar-refractivity contribution < 1.29 is 0 Å². The molecule has 3 heterocycles. The molecule has 0 saturated carbocycles. The van der Waals surface area contributed by atoms with Crippen LogP contribution in [0.1, 0.15) is 11.1 Å². The predicted molar refractivity (Wildman–Crippen MR) is 137 cm³/mol. The highest BCUT2D eigenvalue weighted by Crippen LogP contribution is 2.43. The van der Waals surface area contributed by atoms with E-state index in [-0.39, 0.29) is 0 Å². The summed E-state index contributed by atoms with van der Waals surface area (Å²) in [5.74, 6) is 0.788. The van der Waals surface area contributed by atoms with Crippen molar-refractivity contribution >= 4 is 17.2 Å². The van der Waals surface area contributed by atoms with Crippen molar-refractivity contribution in [2.45, 2.75) is 6.42 Å². The van der Waals surface area contributed by atoms with Crippen LogP contribution >= 0.6 is 0 Å². The first kappa shape index (κ1) is 20.7. The van der Waals surface area contributed by atoms with Crippen LogP contribution in [0.4, 0.5) is 17.2 Å². The normalized spacial score (nSPS) is 14.5. The van der Waals surface area contributed by atoms with Crippen molar-refractivity contribution in [3.63, 3.8) is 0 Å². The van der Waals surface area contributed by atoms with Gasteiger partial charge in [-0.3, -0.25) is 5.10 Å². The van der Waals surface area contributed by atoms with E-state index in [1.54, 1.807) is 6.20 Å². The molecule has 4 aromatic rings. The van der Waals surface area contributed by atoms with Gasteiger partial charge in [-0.1, -0.05) is 30.3 Å². The Balaban J connectivity index is 1.16. The number of hydrogen-bond acceptors (Lipinski definition) is 7. The van der Waals surface area contributed by atoms with Gasteiger partial charge in [0.25, 0.3) is 0 Å². The first-order valence-electron chi connectivity index (χ1n) is 11.8. The number of nitrogens with zero attached hydrogens (tertiary/aromatic N) is 3. The average molecular weight is 453 g/mol. The van der Waals surface area contributed by atoms with E-state index in [9.17, 15) is 0 Å². The zero-order valence-electron chi connectivity index (χ0n) is 18.9. The zero-order valence-corrected chi connectivity index (χ0v) is 18.9. The maximum Gasteiger partial charge on any atom is 0.140 e. The van der Waals surface area contributed by atoms with E-state index < -0.39 is 0 Å². The van der Waals surface area contributed by atoms with Gasteiger partial charge in [0.05, 0.1) is 18.1 Å². The second-order valence-electron chi connectivity index (χ2n) is 8.59. The highest BCUT2D eigenvalue weighted by atomic mass is 15.4. The molecule has 1 saturated heterocycles. The van der Waals surface area contributed by atoms with Crippen LogP contribution in [0.3, 0.4) is 0 Å². The lowest BCUT2D eigenvalue weighted by atomic mass is 10.0. The topological polar surface area (TPSA) is 92.9 Å². The Morgan fingerprint density at radius 2 is 1.79 bits per heavy atom. The maximum absolute atomic E-state index is 4.69. The summed E-state index contributed by atoms with van der Waals surface area (Å²) in [6.45, 7) is 4.75. The SMILES string of the molecule is c1ccc(NNCNc2cccc3c2Cc2c(-c4ccc(N5CCNCC5)cc4)n[nH]c2-3)nc1. The van der Waals surface area contributed by atoms with Crippen LogP contribution in [0, 0.1) is 0 Å². The lowest BCUT2D eigenvalue weighted by Gasteiger charge is -2.29. The third kappa shape index (κ3) is 3.98. The highest BCUT2D eigenvalue weighted by Gasteiger charge is 2.27. The molecule has 172 valence electrons. The number of hydrazine groups is 1. The van der Waals surface area contributed by atoms with Gasteiger partial charge >= 0.3 is 0 Å². The van der Waals surface area contributed by atoms with Gasteiger partial charge in [-0.25, -0.2) is 10.4 Å². The highest BCUT2D eigenvalue weighted by molar-refractivity contribution is 5.85. The Morgan fingerprint density at radius 1 is 0.912 bits per heavy atom. The van der Waals surface area contributed by atoms with Gasteiger partial charge < -0.3 is 21.0 Å². The van der Waals surface area contributed by atoms with Crippen LogP contribution in [-0.4, -0.2) is 48.0 Å². The van der Waals surface area contributed by atoms with Gasteiger partial charge in [0.15, 0.2) is 0 Å². The minimum atomic E-state index is 0.569. The van der Waals surface area contributed by atoms with E-state index >= 15 is 0 Å². The molecule has 6 rings (SSSR count). The monoisotopic (exact) mass is 452 g/mol. The molecule has 0 atom stereocenters. The maximum atomic E-state index is 4.69. The van der Waals surface area contributed by atoms with Gasteiger partial charge in [0.2, 0.25) is 0 Å². The van der Waals surface area contributed by atoms with Crippen molar-refractivity contribution in [1.82, 2.24) is 25.9 Å². The molecule has 2 aromatic carbocycles. The smallest absolute Gasteiger partial charge is 0.140 e. The Hall–Kier alpha value is -3.88. The molecule has 1 fully saturated rings. The van der Waals surface area contributed by atoms with Gasteiger partial charge in [0, 0.05) is 66.9 Å². The number of fused-ring (bicyclic) bond motifs is 3. The molecule has 0 bridgehead atoms. The number of piperazine rings is 1. The number of aromatic nitrogens is 3. The predicted octanol–water partition coefficient (Wildman–Crippen LogP) is 3.44. The average Bonchev–Trinajstić information content (AvgIpc) is 3.48. The summed E-state index contributed by atoms with van der Waals surface area (Å²) in [5.41, 5.74) is 15.8. The molecule has 34 heavy (non-hydrogen) atoms. The van der Waals surface area contributed by atoms with Gasteiger partial charge in [0.1, 0.15) is 5.82 Å². The lowest BCUT2D eigenvalue weighted by molar-refractivity contribution is 0.589. The van der Waals surface area contributed by atoms with Crippen molar-refractivity contribution in [2.75, 3.05) is 48.5 Å². The quantitative estimate of drug-likeness (QED) is 0.147. The van der Waals surface area contributed by atoms with Gasteiger partial charge in [-0.05, 0) is 35.9 Å². The summed E-state index contributed by atoms with van der Waals surface area (Å²) in [6.07, 6.45) is 2.62. The largest absolute Gasteiger partial charge is 0.371 e. The molecule has 0 spiro atoms. The van der Waals surface area contributed by atoms with E-state index in [0.717, 1.165) is 61.1 Å². The fourth-order valence-corrected chi connectivity index (χ4v) is 4.82. The van der Waals surface area contributed by atoms with E-state index in [4.69, 9.17) is 0 Å². The molecule has 0 amide bonds. The summed E-state index contributed by atoms with van der Waals surface area (Å²) >= 11 is 0. The summed E-state index contributed by atoms with van der Waals surface area (Å²) in [6, 6.07) is 21.0. The summed E-state index contributed by atoms with van der Waals surface area (Å²) < 4.78 is 0. The molecule has 2 aliphatic rings. The third-order valence-corrected chi connectivity index (χ3v) is 6.54. The number of anilines is 3. The Bertz CT molecular complexity index is 1260. The Morgan fingerprint density at radius 3 is 2.62 bits per heavy atom. The molecule has 1 aliphatic carbocycles. The third-order valence-electron chi connectivity index (χ3n) is 6.54. The fraction of sp³-hybridized carbons (Fsp3) is 0.231. The molecule has 8 nitrogen and oxygen atoms in total. The van der Waals surface area contributed by atoms with Crippen LogP contribution in [0.5, 0.6) is 0 Å². The van der Waals surface area contributed by atoms with Crippen LogP contribution in [0.25, 0.3) is 22.5 Å². The number of nitrogens with one attached hydrogen (secondary N) is 5. The molecule has 5 N–H and O–H groups in total. The first-order valence-corrected chi connectivity index (χ1v) is 11.8. The second kappa shape index (κ2) is 9.17. The van der Waals surface area contributed by atoms with Crippen molar-refractivity contribution in [2.24, 2.45) is 0 Å². The van der Waals surface area contributed by atoms with Gasteiger partial charge in [-0.15, -0.1) is 0 Å². The van der Waals surface area contributed by atoms with Gasteiger partial charge in [-0.2, -0.15) is 5.10 Å². The number of benzene rings is 2. The fourth-order valence-electron chi connectivity index (χ4n) is 4.82. The van der Waals surface area contributed by atoms with Crippen LogP contribution < -0.4 is 26.4 Å². The minimum Gasteiger partial charge on any atom is -0.371 e. The number of aromatic amines is 1. The Labute approximate surface area is 198 Å². The summed E-state index contributed by atoms with van der Waals surface area (Å²) in [5, 5.41) is 14.9. The molecule has 8 heteroatoms. The Kier molecular flexibility index (Phi) is 5.58. The minimum absolute atomic E-state index is 0.569. The lowest BCUT2D eigenvalue weighted by Crippen LogP contribution is -2.43. The van der Waals surface area contributed by atoms with E-state index in [1.807, 2.05) is 18.2 Å².